The first-order valence-electron chi connectivity index (χ1n) is 4.85. The fourth-order valence-electron chi connectivity index (χ4n) is 1.59. The summed E-state index contributed by atoms with van der Waals surface area (Å²) in [6, 6.07) is 7.47. The summed E-state index contributed by atoms with van der Waals surface area (Å²) in [5.74, 6) is 1.09. The SMILES string of the molecule is Nc1ccnc(-c2ccc3nc[nH]c3c2)n1. The van der Waals surface area contributed by atoms with Gasteiger partial charge in [0.1, 0.15) is 5.82 Å². The van der Waals surface area contributed by atoms with Crippen molar-refractivity contribution in [3.05, 3.63) is 36.8 Å². The van der Waals surface area contributed by atoms with Crippen molar-refractivity contribution >= 4 is 16.9 Å². The molecule has 2 heterocycles. The van der Waals surface area contributed by atoms with Crippen molar-refractivity contribution in [3.63, 3.8) is 0 Å². The lowest BCUT2D eigenvalue weighted by Gasteiger charge is -2.00. The number of anilines is 1. The Morgan fingerprint density at radius 2 is 2.06 bits per heavy atom. The molecular weight excluding hydrogens is 202 g/mol. The Kier molecular flexibility index (Phi) is 1.83. The van der Waals surface area contributed by atoms with Gasteiger partial charge in [-0.3, -0.25) is 0 Å². The molecule has 16 heavy (non-hydrogen) atoms. The summed E-state index contributed by atoms with van der Waals surface area (Å²) in [6.07, 6.45) is 3.31. The third-order valence-corrected chi connectivity index (χ3v) is 2.36. The summed E-state index contributed by atoms with van der Waals surface area (Å²) < 4.78 is 0. The number of hydrogen-bond donors (Lipinski definition) is 2. The maximum Gasteiger partial charge on any atom is 0.161 e. The summed E-state index contributed by atoms with van der Waals surface area (Å²) in [6.45, 7) is 0. The molecule has 3 N–H and O–H groups in total. The van der Waals surface area contributed by atoms with Gasteiger partial charge in [0.25, 0.3) is 0 Å². The topological polar surface area (TPSA) is 80.5 Å². The number of hydrogen-bond acceptors (Lipinski definition) is 4. The van der Waals surface area contributed by atoms with E-state index < -0.39 is 0 Å². The zero-order chi connectivity index (χ0) is 11.0. The van der Waals surface area contributed by atoms with Gasteiger partial charge in [-0.2, -0.15) is 0 Å². The molecule has 5 heteroatoms. The third-order valence-electron chi connectivity index (χ3n) is 2.36. The number of imidazole rings is 1. The first kappa shape index (κ1) is 8.84. The number of benzene rings is 1. The van der Waals surface area contributed by atoms with E-state index in [2.05, 4.69) is 19.9 Å². The summed E-state index contributed by atoms with van der Waals surface area (Å²) in [7, 11) is 0. The van der Waals surface area contributed by atoms with E-state index >= 15 is 0 Å². The van der Waals surface area contributed by atoms with E-state index in [1.54, 1.807) is 18.6 Å². The summed E-state index contributed by atoms with van der Waals surface area (Å²) in [5.41, 5.74) is 8.42. The minimum Gasteiger partial charge on any atom is -0.384 e. The molecule has 0 atom stereocenters. The molecule has 0 amide bonds. The molecule has 0 saturated carbocycles. The van der Waals surface area contributed by atoms with E-state index in [0.717, 1.165) is 16.6 Å². The molecule has 0 unspecified atom stereocenters. The number of nitrogens with one attached hydrogen (secondary N) is 1. The van der Waals surface area contributed by atoms with Gasteiger partial charge in [0.15, 0.2) is 5.82 Å². The van der Waals surface area contributed by atoms with Gasteiger partial charge < -0.3 is 10.7 Å². The molecule has 0 saturated heterocycles. The number of H-pyrrole nitrogens is 1. The summed E-state index contributed by atoms with van der Waals surface area (Å²) in [4.78, 5) is 15.5. The fourth-order valence-corrected chi connectivity index (χ4v) is 1.59. The van der Waals surface area contributed by atoms with Crippen LogP contribution < -0.4 is 5.73 Å². The Hall–Kier alpha value is -2.43. The Balaban J connectivity index is 2.18. The van der Waals surface area contributed by atoms with E-state index in [9.17, 15) is 0 Å². The smallest absolute Gasteiger partial charge is 0.161 e. The van der Waals surface area contributed by atoms with Gasteiger partial charge in [-0.1, -0.05) is 0 Å². The van der Waals surface area contributed by atoms with Crippen LogP contribution in [0.5, 0.6) is 0 Å². The molecule has 0 aliphatic heterocycles. The lowest BCUT2D eigenvalue weighted by molar-refractivity contribution is 1.19. The van der Waals surface area contributed by atoms with E-state index in [0.29, 0.717) is 11.6 Å². The lowest BCUT2D eigenvalue weighted by Crippen LogP contribution is -1.94. The molecule has 78 valence electrons. The molecule has 0 aliphatic rings. The zero-order valence-corrected chi connectivity index (χ0v) is 8.38. The second-order valence-electron chi connectivity index (χ2n) is 3.44. The van der Waals surface area contributed by atoms with Crippen LogP contribution in [0.3, 0.4) is 0 Å². The first-order valence-corrected chi connectivity index (χ1v) is 4.85. The molecule has 1 aromatic carbocycles. The van der Waals surface area contributed by atoms with Crippen LogP contribution >= 0.6 is 0 Å². The van der Waals surface area contributed by atoms with Crippen LogP contribution in [0.25, 0.3) is 22.4 Å². The predicted octanol–water partition coefficient (Wildman–Crippen LogP) is 1.60. The van der Waals surface area contributed by atoms with Crippen molar-refractivity contribution in [3.8, 4) is 11.4 Å². The molecule has 2 aromatic heterocycles. The van der Waals surface area contributed by atoms with Gasteiger partial charge in [0.2, 0.25) is 0 Å². The number of rotatable bonds is 1. The molecule has 5 nitrogen and oxygen atoms in total. The van der Waals surface area contributed by atoms with Gasteiger partial charge in [-0.05, 0) is 24.3 Å². The highest BCUT2D eigenvalue weighted by Crippen LogP contribution is 2.19. The van der Waals surface area contributed by atoms with Gasteiger partial charge in [0.05, 0.1) is 17.4 Å². The molecule has 3 aromatic rings. The Bertz CT molecular complexity index is 643. The number of nitrogen functional groups attached to an aromatic ring is 1. The second kappa shape index (κ2) is 3.30. The highest BCUT2D eigenvalue weighted by molar-refractivity contribution is 5.79. The highest BCUT2D eigenvalue weighted by atomic mass is 14.9. The highest BCUT2D eigenvalue weighted by Gasteiger charge is 2.03. The van der Waals surface area contributed by atoms with Gasteiger partial charge in [-0.15, -0.1) is 0 Å². The standard InChI is InChI=1S/C11H9N5/c12-10-3-4-13-11(16-10)7-1-2-8-9(5-7)15-6-14-8/h1-6H,(H,14,15)(H2,12,13,16). The van der Waals surface area contributed by atoms with Crippen LogP contribution in [0.1, 0.15) is 0 Å². The predicted molar refractivity (Wildman–Crippen MR) is 61.5 cm³/mol. The molecule has 3 rings (SSSR count). The van der Waals surface area contributed by atoms with Crippen molar-refractivity contribution in [1.82, 2.24) is 19.9 Å². The van der Waals surface area contributed by atoms with E-state index in [1.807, 2.05) is 18.2 Å². The Labute approximate surface area is 91.4 Å². The minimum atomic E-state index is 0.467. The number of nitrogens with two attached hydrogens (primary N) is 1. The summed E-state index contributed by atoms with van der Waals surface area (Å²) >= 11 is 0. The van der Waals surface area contributed by atoms with E-state index in [1.165, 1.54) is 0 Å². The normalized spacial score (nSPS) is 10.8. The number of aromatic amines is 1. The van der Waals surface area contributed by atoms with Crippen LogP contribution in [0.4, 0.5) is 5.82 Å². The fraction of sp³-hybridized carbons (Fsp3) is 0. The Morgan fingerprint density at radius 3 is 2.94 bits per heavy atom. The number of nitrogens with zero attached hydrogens (tertiary/aromatic N) is 3. The molecule has 0 spiro atoms. The Morgan fingerprint density at radius 1 is 1.12 bits per heavy atom. The maximum atomic E-state index is 5.62. The number of fused-ring (bicyclic) bond motifs is 1. The van der Waals surface area contributed by atoms with Crippen molar-refractivity contribution in [1.29, 1.82) is 0 Å². The largest absolute Gasteiger partial charge is 0.384 e. The van der Waals surface area contributed by atoms with Gasteiger partial charge >= 0.3 is 0 Å². The second-order valence-corrected chi connectivity index (χ2v) is 3.44. The van der Waals surface area contributed by atoms with Crippen LogP contribution in [0.15, 0.2) is 36.8 Å². The van der Waals surface area contributed by atoms with Crippen molar-refractivity contribution in [2.75, 3.05) is 5.73 Å². The van der Waals surface area contributed by atoms with E-state index in [-0.39, 0.29) is 0 Å². The average Bonchev–Trinajstić information content (AvgIpc) is 2.75. The van der Waals surface area contributed by atoms with Crippen molar-refractivity contribution < 1.29 is 0 Å². The van der Waals surface area contributed by atoms with Crippen molar-refractivity contribution in [2.24, 2.45) is 0 Å². The first-order chi connectivity index (χ1) is 7.83. The summed E-state index contributed by atoms with van der Waals surface area (Å²) in [5, 5.41) is 0. The minimum absolute atomic E-state index is 0.467. The molecule has 0 radical (unpaired) electrons. The molecule has 0 aliphatic carbocycles. The zero-order valence-electron chi connectivity index (χ0n) is 8.38. The van der Waals surface area contributed by atoms with Crippen LogP contribution in [-0.4, -0.2) is 19.9 Å². The average molecular weight is 211 g/mol. The van der Waals surface area contributed by atoms with Crippen molar-refractivity contribution in [2.45, 2.75) is 0 Å². The van der Waals surface area contributed by atoms with Gasteiger partial charge in [0, 0.05) is 11.8 Å². The molecular formula is C11H9N5. The third kappa shape index (κ3) is 1.38. The molecule has 0 bridgehead atoms. The van der Waals surface area contributed by atoms with Gasteiger partial charge in [-0.25, -0.2) is 15.0 Å². The monoisotopic (exact) mass is 211 g/mol. The lowest BCUT2D eigenvalue weighted by atomic mass is 10.2. The van der Waals surface area contributed by atoms with Crippen LogP contribution in [-0.2, 0) is 0 Å². The number of aromatic nitrogens is 4. The van der Waals surface area contributed by atoms with Crippen LogP contribution in [0, 0.1) is 0 Å². The van der Waals surface area contributed by atoms with E-state index in [4.69, 9.17) is 5.73 Å². The molecule has 0 fully saturated rings. The quantitative estimate of drug-likeness (QED) is 0.640. The van der Waals surface area contributed by atoms with Crippen LogP contribution in [0.2, 0.25) is 0 Å². The maximum absolute atomic E-state index is 5.62.